The lowest BCUT2D eigenvalue weighted by atomic mass is 10.3. The summed E-state index contributed by atoms with van der Waals surface area (Å²) in [5, 5.41) is 11.5. The summed E-state index contributed by atoms with van der Waals surface area (Å²) in [7, 11) is 0. The van der Waals surface area contributed by atoms with Gasteiger partial charge >= 0.3 is 0 Å². The monoisotopic (exact) mass is 209 g/mol. The Bertz CT molecular complexity index is 294. The van der Waals surface area contributed by atoms with Gasteiger partial charge in [-0.25, -0.2) is 0 Å². The van der Waals surface area contributed by atoms with Gasteiger partial charge in [0.05, 0.1) is 0 Å². The van der Waals surface area contributed by atoms with Crippen LogP contribution in [0.3, 0.4) is 0 Å². The minimum Gasteiger partial charge on any atom is -0.425 e. The molecule has 15 heavy (non-hydrogen) atoms. The van der Waals surface area contributed by atoms with Crippen molar-refractivity contribution in [3.63, 3.8) is 0 Å². The Kier molecular flexibility index (Phi) is 3.72. The number of rotatable bonds is 7. The third-order valence-electron chi connectivity index (χ3n) is 2.58. The third-order valence-corrected chi connectivity index (χ3v) is 2.58. The van der Waals surface area contributed by atoms with Gasteiger partial charge in [0.15, 0.2) is 0 Å². The van der Waals surface area contributed by atoms with Crippen molar-refractivity contribution in [3.05, 3.63) is 11.8 Å². The molecule has 1 aromatic rings. The van der Waals surface area contributed by atoms with E-state index in [2.05, 4.69) is 22.4 Å². The first-order valence-corrected chi connectivity index (χ1v) is 5.93. The molecule has 4 heteroatoms. The summed E-state index contributed by atoms with van der Waals surface area (Å²) in [5.74, 6) is 2.23. The molecule has 0 atom stereocenters. The topological polar surface area (TPSA) is 51.0 Å². The molecule has 1 aliphatic rings. The summed E-state index contributed by atoms with van der Waals surface area (Å²) >= 11 is 0. The number of nitrogens with one attached hydrogen (secondary N) is 1. The van der Waals surface area contributed by atoms with Crippen LogP contribution in [0.1, 0.15) is 50.3 Å². The molecule has 1 N–H and O–H groups in total. The van der Waals surface area contributed by atoms with Crippen LogP contribution < -0.4 is 5.32 Å². The molecule has 0 aliphatic heterocycles. The van der Waals surface area contributed by atoms with E-state index in [0.717, 1.165) is 37.7 Å². The van der Waals surface area contributed by atoms with Gasteiger partial charge in [-0.3, -0.25) is 0 Å². The summed E-state index contributed by atoms with van der Waals surface area (Å²) in [6.07, 6.45) is 5.61. The minimum atomic E-state index is 0.574. The smallest absolute Gasteiger partial charge is 0.219 e. The molecule has 2 rings (SSSR count). The molecule has 0 amide bonds. The fourth-order valence-electron chi connectivity index (χ4n) is 1.53. The average Bonchev–Trinajstić information content (AvgIpc) is 2.99. The molecule has 0 unspecified atom stereocenters. The molecule has 1 saturated carbocycles. The maximum atomic E-state index is 5.56. The molecule has 0 bridgehead atoms. The summed E-state index contributed by atoms with van der Waals surface area (Å²) < 4.78 is 5.56. The van der Waals surface area contributed by atoms with Gasteiger partial charge in [0.25, 0.3) is 0 Å². The first kappa shape index (κ1) is 10.6. The number of nitrogens with zero attached hydrogens (tertiary/aromatic N) is 2. The summed E-state index contributed by atoms with van der Waals surface area (Å²) in [6, 6.07) is 0. The average molecular weight is 209 g/mol. The van der Waals surface area contributed by atoms with Crippen LogP contribution in [0.5, 0.6) is 0 Å². The molecule has 0 aromatic carbocycles. The first-order valence-electron chi connectivity index (χ1n) is 5.93. The van der Waals surface area contributed by atoms with E-state index < -0.39 is 0 Å². The molecule has 0 saturated heterocycles. The lowest BCUT2D eigenvalue weighted by Crippen LogP contribution is -2.16. The second kappa shape index (κ2) is 5.26. The highest BCUT2D eigenvalue weighted by Gasteiger charge is 2.29. The normalized spacial score (nSPS) is 15.8. The van der Waals surface area contributed by atoms with E-state index in [1.54, 1.807) is 0 Å². The van der Waals surface area contributed by atoms with Crippen molar-refractivity contribution in [2.75, 3.05) is 13.1 Å². The minimum absolute atomic E-state index is 0.574. The fraction of sp³-hybridized carbons (Fsp3) is 0.818. The highest BCUT2D eigenvalue weighted by molar-refractivity contribution is 5.00. The number of hydrogen-bond donors (Lipinski definition) is 1. The van der Waals surface area contributed by atoms with Crippen molar-refractivity contribution in [1.29, 1.82) is 0 Å². The van der Waals surface area contributed by atoms with Crippen LogP contribution in [0.25, 0.3) is 0 Å². The standard InChI is InChI=1S/C11H19N3O/c1-2-7-12-8-3-4-10-13-14-11(15-10)9-5-6-9/h9,12H,2-8H2,1H3. The second-order valence-electron chi connectivity index (χ2n) is 4.16. The van der Waals surface area contributed by atoms with Crippen molar-refractivity contribution in [2.24, 2.45) is 0 Å². The molecule has 4 nitrogen and oxygen atoms in total. The molecule has 1 aliphatic carbocycles. The van der Waals surface area contributed by atoms with E-state index >= 15 is 0 Å². The summed E-state index contributed by atoms with van der Waals surface area (Å²) in [4.78, 5) is 0. The van der Waals surface area contributed by atoms with Crippen LogP contribution in [0.2, 0.25) is 0 Å². The van der Waals surface area contributed by atoms with E-state index in [-0.39, 0.29) is 0 Å². The largest absolute Gasteiger partial charge is 0.425 e. The van der Waals surface area contributed by atoms with Crippen LogP contribution in [0.4, 0.5) is 0 Å². The van der Waals surface area contributed by atoms with Gasteiger partial charge in [-0.2, -0.15) is 0 Å². The van der Waals surface area contributed by atoms with Crippen molar-refractivity contribution < 1.29 is 4.42 Å². The Morgan fingerprint density at radius 1 is 1.33 bits per heavy atom. The molecular weight excluding hydrogens is 190 g/mol. The summed E-state index contributed by atoms with van der Waals surface area (Å²) in [6.45, 7) is 4.30. The maximum absolute atomic E-state index is 5.56. The van der Waals surface area contributed by atoms with E-state index in [1.165, 1.54) is 19.3 Å². The van der Waals surface area contributed by atoms with E-state index in [1.807, 2.05) is 0 Å². The van der Waals surface area contributed by atoms with Gasteiger partial charge in [-0.15, -0.1) is 10.2 Å². The Balaban J connectivity index is 1.64. The molecule has 84 valence electrons. The maximum Gasteiger partial charge on any atom is 0.219 e. The predicted molar refractivity (Wildman–Crippen MR) is 57.8 cm³/mol. The van der Waals surface area contributed by atoms with Crippen LogP contribution in [0.15, 0.2) is 4.42 Å². The van der Waals surface area contributed by atoms with Crippen molar-refractivity contribution in [2.45, 2.75) is 44.9 Å². The Morgan fingerprint density at radius 3 is 2.93 bits per heavy atom. The predicted octanol–water partition coefficient (Wildman–Crippen LogP) is 1.88. The highest BCUT2D eigenvalue weighted by Crippen LogP contribution is 2.38. The van der Waals surface area contributed by atoms with E-state index in [9.17, 15) is 0 Å². The summed E-state index contributed by atoms with van der Waals surface area (Å²) in [5.41, 5.74) is 0. The van der Waals surface area contributed by atoms with E-state index in [0.29, 0.717) is 5.92 Å². The third kappa shape index (κ3) is 3.30. The molecule has 0 radical (unpaired) electrons. The van der Waals surface area contributed by atoms with Crippen LogP contribution in [-0.4, -0.2) is 23.3 Å². The van der Waals surface area contributed by atoms with Gasteiger partial charge in [0, 0.05) is 12.3 Å². The van der Waals surface area contributed by atoms with Crippen molar-refractivity contribution in [3.8, 4) is 0 Å². The zero-order chi connectivity index (χ0) is 10.5. The molecule has 1 heterocycles. The highest BCUT2D eigenvalue weighted by atomic mass is 16.4. The van der Waals surface area contributed by atoms with E-state index in [4.69, 9.17) is 4.42 Å². The molecule has 1 aromatic heterocycles. The number of aryl methyl sites for hydroxylation is 1. The Labute approximate surface area is 90.5 Å². The Hall–Kier alpha value is -0.900. The Morgan fingerprint density at radius 2 is 2.20 bits per heavy atom. The quantitative estimate of drug-likeness (QED) is 0.697. The number of hydrogen-bond acceptors (Lipinski definition) is 4. The zero-order valence-corrected chi connectivity index (χ0v) is 9.33. The SMILES string of the molecule is CCCNCCCc1nnc(C2CC2)o1. The number of aromatic nitrogens is 2. The van der Waals surface area contributed by atoms with Gasteiger partial charge in [0.2, 0.25) is 11.8 Å². The first-order chi connectivity index (χ1) is 7.40. The lowest BCUT2D eigenvalue weighted by Gasteiger charge is -1.99. The fourth-order valence-corrected chi connectivity index (χ4v) is 1.53. The van der Waals surface area contributed by atoms with Gasteiger partial charge < -0.3 is 9.73 Å². The molecule has 1 fully saturated rings. The van der Waals surface area contributed by atoms with Crippen LogP contribution in [0, 0.1) is 0 Å². The van der Waals surface area contributed by atoms with Gasteiger partial charge in [-0.05, 0) is 38.8 Å². The molecule has 0 spiro atoms. The van der Waals surface area contributed by atoms with Crippen LogP contribution in [-0.2, 0) is 6.42 Å². The lowest BCUT2D eigenvalue weighted by molar-refractivity contribution is 0.443. The van der Waals surface area contributed by atoms with Crippen molar-refractivity contribution in [1.82, 2.24) is 15.5 Å². The van der Waals surface area contributed by atoms with Gasteiger partial charge in [0.1, 0.15) is 0 Å². The zero-order valence-electron chi connectivity index (χ0n) is 9.33. The van der Waals surface area contributed by atoms with Gasteiger partial charge in [-0.1, -0.05) is 6.92 Å². The van der Waals surface area contributed by atoms with Crippen LogP contribution >= 0.6 is 0 Å². The second-order valence-corrected chi connectivity index (χ2v) is 4.16. The van der Waals surface area contributed by atoms with Crippen molar-refractivity contribution >= 4 is 0 Å². The molecular formula is C11H19N3O.